The summed E-state index contributed by atoms with van der Waals surface area (Å²) in [5, 5.41) is 1.60. The smallest absolute Gasteiger partial charge is 0.288 e. The summed E-state index contributed by atoms with van der Waals surface area (Å²) in [6.07, 6.45) is 0. The molecule has 3 amide bonds. The third-order valence-corrected chi connectivity index (χ3v) is 5.03. The molecule has 0 spiro atoms. The number of nitrogens with one attached hydrogen (secondary N) is 1. The number of carbonyl (C=O) groups is 3. The molecule has 1 aliphatic heterocycles. The number of halogens is 2. The molecule has 1 heterocycles. The first-order valence-corrected chi connectivity index (χ1v) is 8.61. The molecular formula is C14H14F2N2O3S2. The van der Waals surface area contributed by atoms with Gasteiger partial charge in [0, 0.05) is 18.0 Å². The minimum Gasteiger partial charge on any atom is -0.353 e. The molecule has 1 N–H and O–H groups in total. The first-order chi connectivity index (χ1) is 10.9. The van der Waals surface area contributed by atoms with E-state index in [1.165, 1.54) is 0 Å². The van der Waals surface area contributed by atoms with Crippen LogP contribution in [0, 0.1) is 11.6 Å². The molecule has 1 atom stereocenters. The monoisotopic (exact) mass is 360 g/mol. The molecule has 1 saturated heterocycles. The van der Waals surface area contributed by atoms with Gasteiger partial charge in [0.1, 0.15) is 11.6 Å². The van der Waals surface area contributed by atoms with Crippen molar-refractivity contribution < 1.29 is 23.2 Å². The van der Waals surface area contributed by atoms with Crippen molar-refractivity contribution in [3.05, 3.63) is 29.8 Å². The fourth-order valence-corrected chi connectivity index (χ4v) is 3.53. The minimum absolute atomic E-state index is 0.0500. The number of rotatable bonds is 6. The Balaban J connectivity index is 1.82. The van der Waals surface area contributed by atoms with E-state index in [1.807, 2.05) is 0 Å². The van der Waals surface area contributed by atoms with Crippen molar-refractivity contribution in [2.24, 2.45) is 0 Å². The highest BCUT2D eigenvalue weighted by Gasteiger charge is 2.29. The predicted molar refractivity (Wildman–Crippen MR) is 84.3 cm³/mol. The number of carbonyl (C=O) groups excluding carboxylic acids is 3. The van der Waals surface area contributed by atoms with Crippen LogP contribution in [-0.2, 0) is 9.59 Å². The van der Waals surface area contributed by atoms with E-state index in [4.69, 9.17) is 0 Å². The zero-order valence-electron chi connectivity index (χ0n) is 12.2. The maximum atomic E-state index is 13.5. The molecule has 1 fully saturated rings. The second-order valence-electron chi connectivity index (χ2n) is 4.73. The Labute approximate surface area is 140 Å². The first kappa shape index (κ1) is 17.7. The number of hydrogen-bond donors (Lipinski definition) is 1. The molecule has 0 radical (unpaired) electrons. The van der Waals surface area contributed by atoms with Gasteiger partial charge in [-0.3, -0.25) is 19.3 Å². The van der Waals surface area contributed by atoms with E-state index in [0.29, 0.717) is 0 Å². The number of nitrogens with zero attached hydrogens (tertiary/aromatic N) is 1. The average molecular weight is 360 g/mol. The molecule has 0 unspecified atom stereocenters. The summed E-state index contributed by atoms with van der Waals surface area (Å²) in [4.78, 5) is 35.8. The zero-order chi connectivity index (χ0) is 17.0. The largest absolute Gasteiger partial charge is 0.353 e. The molecule has 0 saturated carbocycles. The molecule has 0 bridgehead atoms. The van der Waals surface area contributed by atoms with Crippen LogP contribution >= 0.6 is 23.5 Å². The normalized spacial score (nSPS) is 15.9. The Hall–Kier alpha value is -1.61. The van der Waals surface area contributed by atoms with Crippen LogP contribution in [0.3, 0.4) is 0 Å². The lowest BCUT2D eigenvalue weighted by molar-refractivity contribution is -0.125. The van der Waals surface area contributed by atoms with Crippen molar-refractivity contribution in [3.63, 3.8) is 0 Å². The molecule has 2 rings (SSSR count). The van der Waals surface area contributed by atoms with Gasteiger partial charge in [-0.05, 0) is 25.1 Å². The van der Waals surface area contributed by atoms with Crippen LogP contribution in [0.25, 0.3) is 0 Å². The fourth-order valence-electron chi connectivity index (χ4n) is 1.84. The fraction of sp³-hybridized carbons (Fsp3) is 0.357. The van der Waals surface area contributed by atoms with Gasteiger partial charge in [-0.1, -0.05) is 11.8 Å². The van der Waals surface area contributed by atoms with E-state index >= 15 is 0 Å². The van der Waals surface area contributed by atoms with Crippen LogP contribution in [-0.4, -0.2) is 46.0 Å². The summed E-state index contributed by atoms with van der Waals surface area (Å²) in [5.41, 5.74) is 0. The Morgan fingerprint density at radius 1 is 1.43 bits per heavy atom. The Morgan fingerprint density at radius 2 is 2.17 bits per heavy atom. The van der Waals surface area contributed by atoms with E-state index in [1.54, 1.807) is 6.92 Å². The lowest BCUT2D eigenvalue weighted by Gasteiger charge is -2.15. The molecule has 0 aromatic heterocycles. The van der Waals surface area contributed by atoms with Gasteiger partial charge in [-0.2, -0.15) is 0 Å². The Bertz CT molecular complexity index is 626. The number of hydrogen-bond acceptors (Lipinski definition) is 5. The summed E-state index contributed by atoms with van der Waals surface area (Å²) < 4.78 is 26.6. The van der Waals surface area contributed by atoms with Crippen LogP contribution in [0.4, 0.5) is 13.6 Å². The first-order valence-electron chi connectivity index (χ1n) is 6.75. The van der Waals surface area contributed by atoms with Crippen molar-refractivity contribution in [2.45, 2.75) is 17.1 Å². The molecule has 1 aromatic carbocycles. The third kappa shape index (κ3) is 4.68. The van der Waals surface area contributed by atoms with E-state index < -0.39 is 16.9 Å². The van der Waals surface area contributed by atoms with Crippen LogP contribution in [0.2, 0.25) is 0 Å². The van der Waals surface area contributed by atoms with Crippen molar-refractivity contribution >= 4 is 40.6 Å². The van der Waals surface area contributed by atoms with Crippen molar-refractivity contribution in [1.82, 2.24) is 10.2 Å². The SMILES string of the molecule is C[C@@H](Sc1cc(F)ccc1F)C(=O)NCCN1C(=O)CSC1=O. The number of imide groups is 1. The standard InChI is InChI=1S/C14H14F2N2O3S2/c1-8(23-11-6-9(15)2-3-10(11)16)13(20)17-4-5-18-12(19)7-22-14(18)21/h2-3,6,8H,4-5,7H2,1H3,(H,17,20)/t8-/m1/s1. The van der Waals surface area contributed by atoms with Gasteiger partial charge in [-0.15, -0.1) is 11.8 Å². The molecule has 0 aliphatic carbocycles. The lowest BCUT2D eigenvalue weighted by atomic mass is 10.3. The third-order valence-electron chi connectivity index (χ3n) is 3.04. The van der Waals surface area contributed by atoms with Crippen LogP contribution in [0.5, 0.6) is 0 Å². The number of thioether (sulfide) groups is 2. The quantitative estimate of drug-likeness (QED) is 0.789. The van der Waals surface area contributed by atoms with Gasteiger partial charge >= 0.3 is 0 Å². The molecule has 5 nitrogen and oxygen atoms in total. The predicted octanol–water partition coefficient (Wildman–Crippen LogP) is 2.26. The molecule has 1 aliphatic rings. The second kappa shape index (κ2) is 7.78. The maximum absolute atomic E-state index is 13.5. The van der Waals surface area contributed by atoms with Crippen LogP contribution in [0.1, 0.15) is 6.92 Å². The highest BCUT2D eigenvalue weighted by Crippen LogP contribution is 2.26. The average Bonchev–Trinajstić information content (AvgIpc) is 2.82. The minimum atomic E-state index is -0.648. The summed E-state index contributed by atoms with van der Waals surface area (Å²) >= 11 is 1.82. The van der Waals surface area contributed by atoms with E-state index in [9.17, 15) is 23.2 Å². The van der Waals surface area contributed by atoms with Crippen molar-refractivity contribution in [2.75, 3.05) is 18.8 Å². The van der Waals surface area contributed by atoms with Crippen LogP contribution in [0.15, 0.2) is 23.1 Å². The molecular weight excluding hydrogens is 346 g/mol. The van der Waals surface area contributed by atoms with Gasteiger partial charge in [-0.25, -0.2) is 8.78 Å². The highest BCUT2D eigenvalue weighted by molar-refractivity contribution is 8.14. The molecule has 23 heavy (non-hydrogen) atoms. The Kier molecular flexibility index (Phi) is 6.00. The van der Waals surface area contributed by atoms with Gasteiger partial charge in [0.25, 0.3) is 5.24 Å². The van der Waals surface area contributed by atoms with Gasteiger partial charge in [0.05, 0.1) is 11.0 Å². The number of amides is 3. The topological polar surface area (TPSA) is 66.5 Å². The van der Waals surface area contributed by atoms with E-state index in [2.05, 4.69) is 5.32 Å². The zero-order valence-corrected chi connectivity index (χ0v) is 13.8. The molecule has 9 heteroatoms. The Morgan fingerprint density at radius 3 is 2.83 bits per heavy atom. The molecule has 1 aromatic rings. The lowest BCUT2D eigenvalue weighted by Crippen LogP contribution is -2.39. The summed E-state index contributed by atoms with van der Waals surface area (Å²) in [6.45, 7) is 1.78. The number of benzene rings is 1. The van der Waals surface area contributed by atoms with Crippen LogP contribution < -0.4 is 5.32 Å². The van der Waals surface area contributed by atoms with Crippen molar-refractivity contribution in [1.29, 1.82) is 0 Å². The molecule has 124 valence electrons. The maximum Gasteiger partial charge on any atom is 0.288 e. The van der Waals surface area contributed by atoms with Gasteiger partial charge in [0.2, 0.25) is 11.8 Å². The summed E-state index contributed by atoms with van der Waals surface area (Å²) in [5.74, 6) is -1.71. The summed E-state index contributed by atoms with van der Waals surface area (Å²) in [6, 6.07) is 3.04. The van der Waals surface area contributed by atoms with E-state index in [0.717, 1.165) is 46.6 Å². The van der Waals surface area contributed by atoms with Gasteiger partial charge in [0.15, 0.2) is 0 Å². The van der Waals surface area contributed by atoms with Gasteiger partial charge < -0.3 is 5.32 Å². The second-order valence-corrected chi connectivity index (χ2v) is 7.04. The van der Waals surface area contributed by atoms with E-state index in [-0.39, 0.29) is 40.8 Å². The highest BCUT2D eigenvalue weighted by atomic mass is 32.2. The van der Waals surface area contributed by atoms with Crippen molar-refractivity contribution in [3.8, 4) is 0 Å². The summed E-state index contributed by atoms with van der Waals surface area (Å²) in [7, 11) is 0.